The Morgan fingerprint density at radius 2 is 1.48 bits per heavy atom. The molecule has 0 aromatic carbocycles. The maximum absolute atomic E-state index is 10.2. The third-order valence-electron chi connectivity index (χ3n) is 4.28. The van der Waals surface area contributed by atoms with Gasteiger partial charge in [-0.25, -0.2) is 0 Å². The van der Waals surface area contributed by atoms with Crippen molar-refractivity contribution in [2.24, 2.45) is 5.92 Å². The van der Waals surface area contributed by atoms with Crippen molar-refractivity contribution in [3.05, 3.63) is 0 Å². The number of rotatable bonds is 11. The number of hydrogen-bond donors (Lipinski definition) is 1. The molecule has 3 nitrogen and oxygen atoms in total. The quantitative estimate of drug-likeness (QED) is 0.294. The Kier molecular flexibility index (Phi) is 11.3. The zero-order chi connectivity index (χ0) is 15.5. The van der Waals surface area contributed by atoms with Gasteiger partial charge in [0, 0.05) is 10.3 Å². The first-order valence-corrected chi connectivity index (χ1v) is 10.3. The van der Waals surface area contributed by atoms with Crippen molar-refractivity contribution in [2.75, 3.05) is 4.43 Å². The Labute approximate surface area is 144 Å². The number of ether oxygens (including phenoxy) is 2. The molecule has 126 valence electrons. The van der Waals surface area contributed by atoms with Gasteiger partial charge in [0.05, 0.1) is 6.10 Å². The van der Waals surface area contributed by atoms with Crippen LogP contribution in [0.1, 0.15) is 78.1 Å². The zero-order valence-electron chi connectivity index (χ0n) is 13.7. The standard InChI is InChI=1S/C17H33IO3/c1-3-5-7-9-11-15-14(13-18)17(19)21-16(20-15)12-10-8-6-4-2/h14-17,19H,3-13H2,1-2H3/t14-,15+,16+,17-/m1/s1. The highest BCUT2D eigenvalue weighted by molar-refractivity contribution is 14.1. The fraction of sp³-hybridized carbons (Fsp3) is 1.00. The van der Waals surface area contributed by atoms with Gasteiger partial charge < -0.3 is 14.6 Å². The average molecular weight is 412 g/mol. The lowest BCUT2D eigenvalue weighted by Gasteiger charge is -2.39. The fourth-order valence-corrected chi connectivity index (χ4v) is 3.87. The fourth-order valence-electron chi connectivity index (χ4n) is 2.87. The van der Waals surface area contributed by atoms with Gasteiger partial charge in [0.1, 0.15) is 0 Å². The van der Waals surface area contributed by atoms with Crippen molar-refractivity contribution in [2.45, 2.75) is 96.7 Å². The number of halogens is 1. The summed E-state index contributed by atoms with van der Waals surface area (Å²) in [5, 5.41) is 10.2. The van der Waals surface area contributed by atoms with Gasteiger partial charge in [-0.1, -0.05) is 81.4 Å². The summed E-state index contributed by atoms with van der Waals surface area (Å²) < 4.78 is 12.7. The molecule has 4 atom stereocenters. The summed E-state index contributed by atoms with van der Waals surface area (Å²) in [6.07, 6.45) is 11.2. The molecule has 0 spiro atoms. The van der Waals surface area contributed by atoms with E-state index in [-0.39, 0.29) is 18.3 Å². The Morgan fingerprint density at radius 1 is 0.857 bits per heavy atom. The van der Waals surface area contributed by atoms with Crippen LogP contribution in [-0.4, -0.2) is 28.2 Å². The lowest BCUT2D eigenvalue weighted by atomic mass is 9.96. The first kappa shape index (κ1) is 19.7. The predicted molar refractivity (Wildman–Crippen MR) is 95.6 cm³/mol. The molecule has 0 unspecified atom stereocenters. The monoisotopic (exact) mass is 412 g/mol. The van der Waals surface area contributed by atoms with Crippen LogP contribution in [0.4, 0.5) is 0 Å². The summed E-state index contributed by atoms with van der Waals surface area (Å²) in [7, 11) is 0. The highest BCUT2D eigenvalue weighted by Gasteiger charge is 2.37. The Bertz CT molecular complexity index is 250. The Morgan fingerprint density at radius 3 is 2.05 bits per heavy atom. The molecule has 1 heterocycles. The molecule has 1 fully saturated rings. The molecule has 0 aromatic rings. The normalized spacial score (nSPS) is 29.7. The van der Waals surface area contributed by atoms with Crippen molar-refractivity contribution < 1.29 is 14.6 Å². The summed E-state index contributed by atoms with van der Waals surface area (Å²) in [6.45, 7) is 4.45. The minimum Gasteiger partial charge on any atom is -0.367 e. The van der Waals surface area contributed by atoms with E-state index in [9.17, 15) is 5.11 Å². The van der Waals surface area contributed by atoms with E-state index in [2.05, 4.69) is 36.4 Å². The summed E-state index contributed by atoms with van der Waals surface area (Å²) in [6, 6.07) is 0. The zero-order valence-corrected chi connectivity index (χ0v) is 15.9. The van der Waals surface area contributed by atoms with Crippen LogP contribution in [0.5, 0.6) is 0 Å². The molecule has 1 aliphatic heterocycles. The first-order valence-electron chi connectivity index (χ1n) is 8.77. The van der Waals surface area contributed by atoms with Crippen LogP contribution in [0, 0.1) is 5.92 Å². The van der Waals surface area contributed by atoms with E-state index >= 15 is 0 Å². The molecule has 1 aliphatic rings. The molecule has 0 saturated carbocycles. The van der Waals surface area contributed by atoms with Crippen LogP contribution in [0.15, 0.2) is 0 Å². The van der Waals surface area contributed by atoms with Crippen molar-refractivity contribution in [1.82, 2.24) is 0 Å². The second-order valence-electron chi connectivity index (χ2n) is 6.15. The molecule has 0 aliphatic carbocycles. The van der Waals surface area contributed by atoms with Gasteiger partial charge >= 0.3 is 0 Å². The lowest BCUT2D eigenvalue weighted by Crippen LogP contribution is -2.47. The van der Waals surface area contributed by atoms with Gasteiger partial charge in [-0.3, -0.25) is 0 Å². The number of aliphatic hydroxyl groups excluding tert-OH is 1. The van der Waals surface area contributed by atoms with Crippen LogP contribution in [0.2, 0.25) is 0 Å². The van der Waals surface area contributed by atoms with Crippen LogP contribution < -0.4 is 0 Å². The molecule has 1 saturated heterocycles. The van der Waals surface area contributed by atoms with E-state index in [1.165, 1.54) is 44.9 Å². The van der Waals surface area contributed by atoms with Gasteiger partial charge in [-0.05, 0) is 19.3 Å². The second kappa shape index (κ2) is 12.1. The molecule has 1 N–H and O–H groups in total. The molecule has 0 amide bonds. The summed E-state index contributed by atoms with van der Waals surface area (Å²) in [5.41, 5.74) is 0. The third-order valence-corrected chi connectivity index (χ3v) is 5.29. The maximum Gasteiger partial charge on any atom is 0.163 e. The highest BCUT2D eigenvalue weighted by atomic mass is 127. The smallest absolute Gasteiger partial charge is 0.163 e. The molecule has 1 rings (SSSR count). The predicted octanol–water partition coefficient (Wildman–Crippen LogP) is 5.04. The molecule has 0 aromatic heterocycles. The molecule has 21 heavy (non-hydrogen) atoms. The summed E-state index contributed by atoms with van der Waals surface area (Å²) in [5.74, 6) is 0.124. The minimum absolute atomic E-state index is 0.124. The first-order chi connectivity index (χ1) is 10.2. The third kappa shape index (κ3) is 7.62. The van der Waals surface area contributed by atoms with Crippen LogP contribution in [-0.2, 0) is 9.47 Å². The van der Waals surface area contributed by atoms with Gasteiger partial charge in [-0.2, -0.15) is 0 Å². The number of aliphatic hydroxyl groups is 1. The summed E-state index contributed by atoms with van der Waals surface area (Å²) in [4.78, 5) is 0. The minimum atomic E-state index is -0.650. The van der Waals surface area contributed by atoms with Gasteiger partial charge in [0.25, 0.3) is 0 Å². The average Bonchev–Trinajstić information content (AvgIpc) is 2.48. The highest BCUT2D eigenvalue weighted by Crippen LogP contribution is 2.30. The second-order valence-corrected chi connectivity index (χ2v) is 7.03. The van der Waals surface area contributed by atoms with Gasteiger partial charge in [0.2, 0.25) is 0 Å². The largest absolute Gasteiger partial charge is 0.367 e. The van der Waals surface area contributed by atoms with Crippen molar-refractivity contribution in [3.8, 4) is 0 Å². The lowest BCUT2D eigenvalue weighted by molar-refractivity contribution is -0.318. The van der Waals surface area contributed by atoms with Crippen LogP contribution in [0.3, 0.4) is 0 Å². The SMILES string of the molecule is CCCCCC[C@@H]1O[C@@H](O)[C@H](CI)[C@H](CCCCCC)O1. The Hall–Kier alpha value is 0.610. The van der Waals surface area contributed by atoms with Crippen molar-refractivity contribution >= 4 is 22.6 Å². The van der Waals surface area contributed by atoms with Gasteiger partial charge in [-0.15, -0.1) is 0 Å². The molecule has 0 bridgehead atoms. The number of hydrogen-bond acceptors (Lipinski definition) is 3. The molecule has 4 heteroatoms. The summed E-state index contributed by atoms with van der Waals surface area (Å²) >= 11 is 2.33. The van der Waals surface area contributed by atoms with E-state index < -0.39 is 6.29 Å². The topological polar surface area (TPSA) is 38.7 Å². The number of unbranched alkanes of at least 4 members (excludes halogenated alkanes) is 6. The van der Waals surface area contributed by atoms with Crippen LogP contribution in [0.25, 0.3) is 0 Å². The van der Waals surface area contributed by atoms with Crippen molar-refractivity contribution in [3.63, 3.8) is 0 Å². The van der Waals surface area contributed by atoms with E-state index in [1.54, 1.807) is 0 Å². The van der Waals surface area contributed by atoms with E-state index in [0.29, 0.717) is 0 Å². The number of alkyl halides is 1. The molecular weight excluding hydrogens is 379 g/mol. The van der Waals surface area contributed by atoms with Crippen LogP contribution >= 0.6 is 22.6 Å². The molecular formula is C17H33IO3. The van der Waals surface area contributed by atoms with Gasteiger partial charge in [0.15, 0.2) is 12.6 Å². The Balaban J connectivity index is 2.36. The van der Waals surface area contributed by atoms with Crippen molar-refractivity contribution in [1.29, 1.82) is 0 Å². The van der Waals surface area contributed by atoms with E-state index in [1.807, 2.05) is 0 Å². The van der Waals surface area contributed by atoms with E-state index in [4.69, 9.17) is 9.47 Å². The maximum atomic E-state index is 10.2. The molecule has 0 radical (unpaired) electrons. The van der Waals surface area contributed by atoms with E-state index in [0.717, 1.165) is 23.7 Å².